The van der Waals surface area contributed by atoms with E-state index >= 15 is 0 Å². The van der Waals surface area contributed by atoms with Crippen molar-refractivity contribution < 1.29 is 9.90 Å². The Kier molecular flexibility index (Phi) is 3.70. The van der Waals surface area contributed by atoms with Crippen LogP contribution in [0.15, 0.2) is 36.9 Å². The topological polar surface area (TPSA) is 80.0 Å². The predicted molar refractivity (Wildman–Crippen MR) is 76.4 cm³/mol. The Morgan fingerprint density at radius 3 is 2.71 bits per heavy atom. The van der Waals surface area contributed by atoms with Crippen LogP contribution in [0.3, 0.4) is 0 Å². The number of aliphatic hydroxyl groups excluding tert-OH is 1. The molecule has 0 spiro atoms. The standard InChI is InChI=1S/C15H18N4O2/c1-19-9-12(8-17-19)14(11-6-13(20)7-11)18-15(21)10-2-4-16-5-3-10/h2-5,8-9,11,13-14,20H,6-7H2,1H3,(H,18,21). The van der Waals surface area contributed by atoms with E-state index in [2.05, 4.69) is 15.4 Å². The Labute approximate surface area is 122 Å². The molecule has 110 valence electrons. The number of hydrogen-bond donors (Lipinski definition) is 2. The molecule has 1 fully saturated rings. The van der Waals surface area contributed by atoms with Crippen LogP contribution < -0.4 is 5.32 Å². The van der Waals surface area contributed by atoms with Crippen molar-refractivity contribution >= 4 is 5.91 Å². The Hall–Kier alpha value is -2.21. The van der Waals surface area contributed by atoms with Crippen LogP contribution in [0.1, 0.15) is 34.8 Å². The van der Waals surface area contributed by atoms with E-state index in [0.29, 0.717) is 18.4 Å². The first-order valence-electron chi connectivity index (χ1n) is 7.01. The van der Waals surface area contributed by atoms with Crippen molar-refractivity contribution in [3.05, 3.63) is 48.0 Å². The van der Waals surface area contributed by atoms with Gasteiger partial charge < -0.3 is 10.4 Å². The number of rotatable bonds is 4. The summed E-state index contributed by atoms with van der Waals surface area (Å²) in [7, 11) is 1.85. The van der Waals surface area contributed by atoms with Crippen LogP contribution in [0.4, 0.5) is 0 Å². The fourth-order valence-electron chi connectivity index (χ4n) is 2.70. The van der Waals surface area contributed by atoms with Crippen molar-refractivity contribution in [1.29, 1.82) is 0 Å². The first-order valence-corrected chi connectivity index (χ1v) is 7.01. The van der Waals surface area contributed by atoms with E-state index in [4.69, 9.17) is 0 Å². The molecule has 2 heterocycles. The smallest absolute Gasteiger partial charge is 0.251 e. The molecule has 0 saturated heterocycles. The molecule has 6 nitrogen and oxygen atoms in total. The molecule has 0 aliphatic heterocycles. The summed E-state index contributed by atoms with van der Waals surface area (Å²) in [5.74, 6) is 0.114. The molecular weight excluding hydrogens is 268 g/mol. The molecule has 1 amide bonds. The summed E-state index contributed by atoms with van der Waals surface area (Å²) in [6, 6.07) is 3.25. The van der Waals surface area contributed by atoms with Gasteiger partial charge in [0.25, 0.3) is 5.91 Å². The molecule has 2 aromatic rings. The zero-order valence-corrected chi connectivity index (χ0v) is 11.8. The molecule has 1 saturated carbocycles. The third kappa shape index (κ3) is 2.95. The van der Waals surface area contributed by atoms with Gasteiger partial charge in [-0.05, 0) is 30.9 Å². The van der Waals surface area contributed by atoms with E-state index in [9.17, 15) is 9.90 Å². The lowest BCUT2D eigenvalue weighted by Gasteiger charge is -2.37. The van der Waals surface area contributed by atoms with Crippen LogP contribution in [-0.2, 0) is 7.05 Å². The number of hydrogen-bond acceptors (Lipinski definition) is 4. The number of nitrogens with zero attached hydrogens (tertiary/aromatic N) is 3. The van der Waals surface area contributed by atoms with E-state index < -0.39 is 0 Å². The molecule has 1 unspecified atom stereocenters. The number of aliphatic hydroxyl groups is 1. The lowest BCUT2D eigenvalue weighted by Crippen LogP contribution is -2.41. The molecule has 1 aliphatic rings. The highest BCUT2D eigenvalue weighted by molar-refractivity contribution is 5.94. The van der Waals surface area contributed by atoms with Gasteiger partial charge in [-0.1, -0.05) is 0 Å². The predicted octanol–water partition coefficient (Wildman–Crippen LogP) is 1.06. The normalized spacial score (nSPS) is 22.4. The molecule has 2 aromatic heterocycles. The van der Waals surface area contributed by atoms with Gasteiger partial charge in [0.05, 0.1) is 18.3 Å². The summed E-state index contributed by atoms with van der Waals surface area (Å²) in [5.41, 5.74) is 1.55. The second-order valence-corrected chi connectivity index (χ2v) is 5.52. The maximum Gasteiger partial charge on any atom is 0.251 e. The molecule has 1 aliphatic carbocycles. The van der Waals surface area contributed by atoms with E-state index in [1.54, 1.807) is 35.4 Å². The van der Waals surface area contributed by atoms with Crippen molar-refractivity contribution in [2.45, 2.75) is 25.0 Å². The summed E-state index contributed by atoms with van der Waals surface area (Å²) in [6.07, 6.45) is 8.02. The average molecular weight is 286 g/mol. The summed E-state index contributed by atoms with van der Waals surface area (Å²) >= 11 is 0. The van der Waals surface area contributed by atoms with E-state index in [-0.39, 0.29) is 24.0 Å². The number of carbonyl (C=O) groups excluding carboxylic acids is 1. The molecule has 1 atom stereocenters. The van der Waals surface area contributed by atoms with Gasteiger partial charge in [0, 0.05) is 36.8 Å². The summed E-state index contributed by atoms with van der Waals surface area (Å²) in [5, 5.41) is 16.8. The highest BCUT2D eigenvalue weighted by Gasteiger charge is 2.36. The Morgan fingerprint density at radius 1 is 1.43 bits per heavy atom. The number of pyridine rings is 1. The molecule has 0 radical (unpaired) electrons. The fourth-order valence-corrected chi connectivity index (χ4v) is 2.70. The van der Waals surface area contributed by atoms with Crippen LogP contribution in [0, 0.1) is 5.92 Å². The minimum Gasteiger partial charge on any atom is -0.393 e. The largest absolute Gasteiger partial charge is 0.393 e. The maximum atomic E-state index is 12.3. The third-order valence-corrected chi connectivity index (χ3v) is 3.93. The zero-order chi connectivity index (χ0) is 14.8. The molecular formula is C15H18N4O2. The van der Waals surface area contributed by atoms with E-state index in [1.165, 1.54) is 0 Å². The number of aromatic nitrogens is 3. The number of aryl methyl sites for hydroxylation is 1. The van der Waals surface area contributed by atoms with Gasteiger partial charge in [-0.3, -0.25) is 14.5 Å². The quantitative estimate of drug-likeness (QED) is 0.880. The van der Waals surface area contributed by atoms with Crippen LogP contribution in [0.2, 0.25) is 0 Å². The van der Waals surface area contributed by atoms with Crippen molar-refractivity contribution in [2.75, 3.05) is 0 Å². The van der Waals surface area contributed by atoms with Crippen molar-refractivity contribution in [3.63, 3.8) is 0 Å². The summed E-state index contributed by atoms with van der Waals surface area (Å²) < 4.78 is 1.72. The highest BCUT2D eigenvalue weighted by atomic mass is 16.3. The van der Waals surface area contributed by atoms with Gasteiger partial charge >= 0.3 is 0 Å². The molecule has 2 N–H and O–H groups in total. The lowest BCUT2D eigenvalue weighted by atomic mass is 9.75. The molecule has 6 heteroatoms. The SMILES string of the molecule is Cn1cc(C(NC(=O)c2ccncc2)C2CC(O)C2)cn1. The van der Waals surface area contributed by atoms with Crippen LogP contribution >= 0.6 is 0 Å². The Bertz CT molecular complexity index is 620. The highest BCUT2D eigenvalue weighted by Crippen LogP contribution is 2.38. The van der Waals surface area contributed by atoms with Gasteiger partial charge in [0.15, 0.2) is 0 Å². The zero-order valence-electron chi connectivity index (χ0n) is 11.8. The minimum atomic E-state index is -0.257. The van der Waals surface area contributed by atoms with Crippen LogP contribution in [0.5, 0.6) is 0 Å². The van der Waals surface area contributed by atoms with Crippen LogP contribution in [-0.4, -0.2) is 31.9 Å². The molecule has 3 rings (SSSR count). The second kappa shape index (κ2) is 5.65. The van der Waals surface area contributed by atoms with Gasteiger partial charge in [-0.25, -0.2) is 0 Å². The fraction of sp³-hybridized carbons (Fsp3) is 0.400. The van der Waals surface area contributed by atoms with Crippen molar-refractivity contribution in [2.24, 2.45) is 13.0 Å². The Morgan fingerprint density at radius 2 is 2.14 bits per heavy atom. The molecule has 0 bridgehead atoms. The van der Waals surface area contributed by atoms with Gasteiger partial charge in [-0.2, -0.15) is 5.10 Å². The number of amides is 1. The van der Waals surface area contributed by atoms with E-state index in [0.717, 1.165) is 5.56 Å². The summed E-state index contributed by atoms with van der Waals surface area (Å²) in [6.45, 7) is 0. The number of nitrogens with one attached hydrogen (secondary N) is 1. The van der Waals surface area contributed by atoms with Crippen molar-refractivity contribution in [3.8, 4) is 0 Å². The van der Waals surface area contributed by atoms with Gasteiger partial charge in [0.2, 0.25) is 0 Å². The van der Waals surface area contributed by atoms with Gasteiger partial charge in [0.1, 0.15) is 0 Å². The van der Waals surface area contributed by atoms with Crippen molar-refractivity contribution in [1.82, 2.24) is 20.1 Å². The lowest BCUT2D eigenvalue weighted by molar-refractivity contribution is 0.0235. The summed E-state index contributed by atoms with van der Waals surface area (Å²) in [4.78, 5) is 16.2. The average Bonchev–Trinajstić information content (AvgIpc) is 2.89. The molecule has 21 heavy (non-hydrogen) atoms. The maximum absolute atomic E-state index is 12.3. The van der Waals surface area contributed by atoms with Crippen LogP contribution in [0.25, 0.3) is 0 Å². The van der Waals surface area contributed by atoms with Gasteiger partial charge in [-0.15, -0.1) is 0 Å². The first kappa shape index (κ1) is 13.8. The third-order valence-electron chi connectivity index (χ3n) is 3.93. The number of carbonyl (C=O) groups is 1. The van der Waals surface area contributed by atoms with E-state index in [1.807, 2.05) is 13.2 Å². The Balaban J connectivity index is 1.78. The first-order chi connectivity index (χ1) is 10.1. The minimum absolute atomic E-state index is 0.122. The molecule has 0 aromatic carbocycles. The second-order valence-electron chi connectivity index (χ2n) is 5.52. The monoisotopic (exact) mass is 286 g/mol.